The highest BCUT2D eigenvalue weighted by molar-refractivity contribution is 5.98. The maximum Gasteiger partial charge on any atom is 0.248 e. The van der Waals surface area contributed by atoms with Crippen molar-refractivity contribution in [2.45, 2.75) is 209 Å². The number of anilines is 1. The van der Waals surface area contributed by atoms with Crippen molar-refractivity contribution in [1.82, 2.24) is 36.4 Å². The number of phenols is 1. The van der Waals surface area contributed by atoms with Gasteiger partial charge in [0.05, 0.1) is 36.5 Å². The molecule has 81 heavy (non-hydrogen) atoms. The number of primary amides is 1. The number of phenolic OH excluding ortho intramolecular Hbond substituents is 1. The molecule has 456 valence electrons. The third-order valence-corrected chi connectivity index (χ3v) is 15.1. The number of nitrogens with zero attached hydrogens (tertiary/aromatic N) is 2. The molecule has 3 aliphatic rings. The molecule has 3 saturated heterocycles. The van der Waals surface area contributed by atoms with Crippen LogP contribution in [0.3, 0.4) is 0 Å². The number of hydrogen-bond donors (Lipinski definition) is 17. The number of amides is 9. The van der Waals surface area contributed by atoms with Gasteiger partial charge in [0.15, 0.2) is 6.23 Å². The summed E-state index contributed by atoms with van der Waals surface area (Å²) in [5.74, 6) is -9.86. The molecule has 19 N–H and O–H groups in total. The lowest BCUT2D eigenvalue weighted by molar-refractivity contribution is -0.149. The highest BCUT2D eigenvalue weighted by atomic mass is 16.3. The van der Waals surface area contributed by atoms with Crippen LogP contribution in [-0.4, -0.2) is 208 Å². The summed E-state index contributed by atoms with van der Waals surface area (Å²) < 4.78 is 0. The van der Waals surface area contributed by atoms with Gasteiger partial charge in [-0.3, -0.25) is 43.2 Å². The summed E-state index contributed by atoms with van der Waals surface area (Å²) in [5.41, 5.74) is 10.2. The number of benzene rings is 1. The normalized spacial score (nSPS) is 27.7. The molecular formula is C53H86N10O18. The van der Waals surface area contributed by atoms with Gasteiger partial charge in [-0.2, -0.15) is 0 Å². The maximum atomic E-state index is 14.6. The number of aliphatic hydroxyl groups excluding tert-OH is 8. The first-order chi connectivity index (χ1) is 38.2. The monoisotopic (exact) mass is 1150 g/mol. The lowest BCUT2D eigenvalue weighted by atomic mass is 9.91. The van der Waals surface area contributed by atoms with Crippen molar-refractivity contribution in [2.24, 2.45) is 23.3 Å². The van der Waals surface area contributed by atoms with E-state index in [-0.39, 0.29) is 37.1 Å². The van der Waals surface area contributed by atoms with E-state index in [2.05, 4.69) is 47.4 Å². The first kappa shape index (κ1) is 67.4. The second kappa shape index (κ2) is 31.9. The molecule has 0 aromatic heterocycles. The molecule has 0 spiro atoms. The minimum Gasteiger partial charge on any atom is -0.506 e. The topological polar surface area (TPSA) is 466 Å². The van der Waals surface area contributed by atoms with Crippen LogP contribution in [0.4, 0.5) is 5.69 Å². The zero-order chi connectivity index (χ0) is 60.4. The lowest BCUT2D eigenvalue weighted by Crippen LogP contribution is -2.64. The quantitative estimate of drug-likeness (QED) is 0.0366. The lowest BCUT2D eigenvalue weighted by Gasteiger charge is -2.34. The van der Waals surface area contributed by atoms with Gasteiger partial charge in [-0.05, 0) is 55.7 Å². The molecule has 1 aromatic rings. The van der Waals surface area contributed by atoms with Crippen LogP contribution in [0.5, 0.6) is 5.75 Å². The molecule has 16 atom stereocenters. The van der Waals surface area contributed by atoms with Crippen molar-refractivity contribution >= 4 is 58.9 Å². The zero-order valence-corrected chi connectivity index (χ0v) is 46.4. The van der Waals surface area contributed by atoms with Crippen molar-refractivity contribution < 1.29 is 89.1 Å². The van der Waals surface area contributed by atoms with Gasteiger partial charge in [0, 0.05) is 45.3 Å². The van der Waals surface area contributed by atoms with Gasteiger partial charge in [0.25, 0.3) is 0 Å². The van der Waals surface area contributed by atoms with Gasteiger partial charge in [-0.15, -0.1) is 0 Å². The fourth-order valence-electron chi connectivity index (χ4n) is 10.3. The van der Waals surface area contributed by atoms with Gasteiger partial charge in [0.1, 0.15) is 60.3 Å². The summed E-state index contributed by atoms with van der Waals surface area (Å²) in [6.45, 7) is 6.56. The van der Waals surface area contributed by atoms with Crippen LogP contribution in [0.25, 0.3) is 0 Å². The van der Waals surface area contributed by atoms with Crippen LogP contribution in [0.2, 0.25) is 0 Å². The first-order valence-electron chi connectivity index (χ1n) is 27.9. The average Bonchev–Trinajstić information content (AvgIpc) is 4.00. The van der Waals surface area contributed by atoms with E-state index in [9.17, 15) is 89.1 Å². The summed E-state index contributed by atoms with van der Waals surface area (Å²) in [5, 5.41) is 114. The Bertz CT molecular complexity index is 2330. The van der Waals surface area contributed by atoms with Crippen LogP contribution >= 0.6 is 0 Å². The number of nitrogens with one attached hydrogen (secondary N) is 6. The predicted octanol–water partition coefficient (Wildman–Crippen LogP) is -4.05. The number of aliphatic hydroxyl groups is 8. The number of rotatable bonds is 23. The molecule has 3 fully saturated rings. The summed E-state index contributed by atoms with van der Waals surface area (Å²) >= 11 is 0. The van der Waals surface area contributed by atoms with E-state index in [1.807, 2.05) is 5.32 Å². The number of carbonyl (C=O) groups excluding carboxylic acids is 9. The number of fused-ring (bicyclic) bond motifs is 2. The molecule has 9 amide bonds. The largest absolute Gasteiger partial charge is 0.506 e. The van der Waals surface area contributed by atoms with Gasteiger partial charge in [-0.25, -0.2) is 0 Å². The Morgan fingerprint density at radius 3 is 2.00 bits per heavy atom. The molecule has 0 radical (unpaired) electrons. The molecule has 3 unspecified atom stereocenters. The smallest absolute Gasteiger partial charge is 0.248 e. The Hall–Kier alpha value is -6.11. The van der Waals surface area contributed by atoms with Crippen molar-refractivity contribution in [3.8, 4) is 5.75 Å². The van der Waals surface area contributed by atoms with E-state index in [1.54, 1.807) is 0 Å². The summed E-state index contributed by atoms with van der Waals surface area (Å²) in [4.78, 5) is 126. The minimum atomic E-state index is -2.51. The Morgan fingerprint density at radius 2 is 1.36 bits per heavy atom. The minimum absolute atomic E-state index is 0.0877. The SMILES string of the molecule is CCC(C)CC(C)CCCCCCCCC(=O)NC1C[C@@H](O)[C@@H](O)NC(=O)[C@@H]2[C@@H](O)CCN2C(=O)[C@H]([C@@H](O)CC(N)=O)NC(=O)[C@H]([C@H](O)[C@@H](O)c2ccc(O)c(NC(=O)CCN)c2)NC(=O)[C@@H]2C[C@@H](O)CN2C(=O)[C@H]([C@H](C)O)NC1=O. The fraction of sp³-hybridized carbons (Fsp3) is 0.717. The van der Waals surface area contributed by atoms with Crippen molar-refractivity contribution in [2.75, 3.05) is 25.0 Å². The van der Waals surface area contributed by atoms with E-state index in [1.165, 1.54) is 6.42 Å². The summed E-state index contributed by atoms with van der Waals surface area (Å²) in [6, 6.07) is -9.25. The zero-order valence-electron chi connectivity index (χ0n) is 46.4. The van der Waals surface area contributed by atoms with Gasteiger partial charge in [0.2, 0.25) is 53.2 Å². The van der Waals surface area contributed by atoms with Gasteiger partial charge < -0.3 is 99.1 Å². The highest BCUT2D eigenvalue weighted by Crippen LogP contribution is 2.31. The number of hydrogen-bond acceptors (Lipinski definition) is 19. The van der Waals surface area contributed by atoms with Crippen molar-refractivity contribution in [3.05, 3.63) is 23.8 Å². The molecule has 0 bridgehead atoms. The Balaban J connectivity index is 1.73. The molecule has 1 aromatic carbocycles. The van der Waals surface area contributed by atoms with Crippen LogP contribution in [0.1, 0.15) is 136 Å². The van der Waals surface area contributed by atoms with E-state index in [0.717, 1.165) is 68.5 Å². The predicted molar refractivity (Wildman–Crippen MR) is 288 cm³/mol. The summed E-state index contributed by atoms with van der Waals surface area (Å²) in [6.07, 6.45) is -11.2. The van der Waals surface area contributed by atoms with Crippen LogP contribution in [-0.2, 0) is 43.2 Å². The van der Waals surface area contributed by atoms with Crippen LogP contribution < -0.4 is 43.4 Å². The van der Waals surface area contributed by atoms with Crippen molar-refractivity contribution in [3.63, 3.8) is 0 Å². The number of nitrogens with two attached hydrogens (primary N) is 2. The van der Waals surface area contributed by atoms with E-state index in [0.29, 0.717) is 29.6 Å². The van der Waals surface area contributed by atoms with E-state index < -0.39 is 176 Å². The number of aromatic hydroxyl groups is 1. The third-order valence-electron chi connectivity index (χ3n) is 15.1. The summed E-state index contributed by atoms with van der Waals surface area (Å²) in [7, 11) is 0. The Kier molecular flexibility index (Phi) is 26.6. The molecule has 3 aliphatic heterocycles. The molecule has 0 saturated carbocycles. The molecule has 28 heteroatoms. The second-order valence-corrected chi connectivity index (χ2v) is 21.9. The Morgan fingerprint density at radius 1 is 0.728 bits per heavy atom. The van der Waals surface area contributed by atoms with E-state index in [4.69, 9.17) is 11.5 Å². The van der Waals surface area contributed by atoms with E-state index >= 15 is 0 Å². The first-order valence-corrected chi connectivity index (χ1v) is 27.9. The second-order valence-electron chi connectivity index (χ2n) is 21.9. The van der Waals surface area contributed by atoms with Crippen LogP contribution in [0, 0.1) is 11.8 Å². The molecule has 28 nitrogen and oxygen atoms in total. The van der Waals surface area contributed by atoms with Crippen molar-refractivity contribution in [1.29, 1.82) is 0 Å². The fourth-order valence-corrected chi connectivity index (χ4v) is 10.3. The average molecular weight is 1150 g/mol. The molecule has 4 rings (SSSR count). The molecule has 3 heterocycles. The number of carbonyl (C=O) groups is 9. The highest BCUT2D eigenvalue weighted by Gasteiger charge is 2.49. The number of unbranched alkanes of at least 4 members (excludes halogenated alkanes) is 5. The molecular weight excluding hydrogens is 1060 g/mol. The molecule has 0 aliphatic carbocycles. The Labute approximate surface area is 470 Å². The maximum absolute atomic E-state index is 14.6. The van der Waals surface area contributed by atoms with Gasteiger partial charge >= 0.3 is 0 Å². The van der Waals surface area contributed by atoms with Gasteiger partial charge in [-0.1, -0.05) is 71.8 Å². The third kappa shape index (κ3) is 19.5. The standard InChI is InChI=1S/C53H86N10O18/c1-5-26(2)20-27(3)12-10-8-6-7-9-11-13-39(71)57-32-23-37(69)49(77)61-51(79)44-35(67)17-19-62(44)53(81)42(36(68)24-38(55)70)59-50(78)43(46(74)45(73)29-14-15-34(66)31(21-29)56-40(72)16-18-54)60-48(76)33-22-30(65)25-63(33)52(80)41(28(4)64)58-47(32)75/h14-15,21,26-28,30,32-33,35-37,41-46,49,64-69,73-74,77H,5-13,16-20,22-25,54H2,1-4H3,(H2,55,70)(H,56,72)(H,57,71)(H,58,75)(H,59,78)(H,60,76)(H,61,79)/t26?,27?,28-,30+,32?,33-,35-,36-,37+,41-,42-,43-,44-,45-,46-,49+/m0/s1. The van der Waals surface area contributed by atoms with Crippen LogP contribution in [0.15, 0.2) is 18.2 Å².